The van der Waals surface area contributed by atoms with Crippen LogP contribution >= 0.6 is 0 Å². The summed E-state index contributed by atoms with van der Waals surface area (Å²) in [4.78, 5) is 37.2. The minimum absolute atomic E-state index is 0.0351. The van der Waals surface area contributed by atoms with Gasteiger partial charge in [-0.15, -0.1) is 0 Å². The quantitative estimate of drug-likeness (QED) is 0.413. The lowest BCUT2D eigenvalue weighted by Crippen LogP contribution is -2.35. The molecule has 4 rings (SSSR count). The highest BCUT2D eigenvalue weighted by molar-refractivity contribution is 6.32. The number of para-hydroxylation sites is 2. The van der Waals surface area contributed by atoms with Crippen LogP contribution < -0.4 is 10.4 Å². The van der Waals surface area contributed by atoms with Crippen LogP contribution in [-0.4, -0.2) is 29.0 Å². The Kier molecular flexibility index (Phi) is 4.87. The third-order valence-electron chi connectivity index (χ3n) is 4.63. The SMILES string of the molecule is CCOC(=O)Cn1cc(/C=C2\C(=O)NN(c3ccccc3)C2=O)c2ccccc21. The fourth-order valence-corrected chi connectivity index (χ4v) is 3.34. The first-order chi connectivity index (χ1) is 14.1. The molecule has 2 aromatic carbocycles. The zero-order valence-corrected chi connectivity index (χ0v) is 15.8. The predicted molar refractivity (Wildman–Crippen MR) is 109 cm³/mol. The zero-order valence-electron chi connectivity index (χ0n) is 15.8. The van der Waals surface area contributed by atoms with Crippen LogP contribution in [0.4, 0.5) is 5.69 Å². The molecule has 2 heterocycles. The summed E-state index contributed by atoms with van der Waals surface area (Å²) < 4.78 is 6.79. The number of ether oxygens (including phenoxy) is 1. The number of aromatic nitrogens is 1. The molecule has 2 amide bonds. The molecule has 146 valence electrons. The molecule has 0 aliphatic carbocycles. The molecule has 0 bridgehead atoms. The molecule has 0 radical (unpaired) electrons. The molecule has 0 atom stereocenters. The summed E-state index contributed by atoms with van der Waals surface area (Å²) in [6.45, 7) is 2.11. The van der Waals surface area contributed by atoms with Gasteiger partial charge in [0.15, 0.2) is 0 Å². The van der Waals surface area contributed by atoms with E-state index < -0.39 is 11.8 Å². The largest absolute Gasteiger partial charge is 0.465 e. The Morgan fingerprint density at radius 2 is 1.79 bits per heavy atom. The van der Waals surface area contributed by atoms with E-state index in [2.05, 4.69) is 5.43 Å². The molecule has 7 nitrogen and oxygen atoms in total. The molecule has 7 heteroatoms. The van der Waals surface area contributed by atoms with Crippen molar-refractivity contribution < 1.29 is 19.1 Å². The molecule has 0 saturated carbocycles. The molecule has 1 saturated heterocycles. The third kappa shape index (κ3) is 3.50. The number of rotatable bonds is 5. The molecule has 1 aliphatic heterocycles. The van der Waals surface area contributed by atoms with Gasteiger partial charge in [0, 0.05) is 22.7 Å². The first kappa shape index (κ1) is 18.5. The lowest BCUT2D eigenvalue weighted by Gasteiger charge is -2.13. The smallest absolute Gasteiger partial charge is 0.325 e. The monoisotopic (exact) mass is 389 g/mol. The average Bonchev–Trinajstić information content (AvgIpc) is 3.21. The van der Waals surface area contributed by atoms with Crippen LogP contribution in [0, 0.1) is 0 Å². The van der Waals surface area contributed by atoms with E-state index in [1.165, 1.54) is 5.01 Å². The maximum absolute atomic E-state index is 12.8. The van der Waals surface area contributed by atoms with Crippen molar-refractivity contribution in [2.24, 2.45) is 0 Å². The second kappa shape index (κ2) is 7.63. The van der Waals surface area contributed by atoms with E-state index >= 15 is 0 Å². The van der Waals surface area contributed by atoms with Crippen LogP contribution in [0.1, 0.15) is 12.5 Å². The lowest BCUT2D eigenvalue weighted by molar-refractivity contribution is -0.143. The topological polar surface area (TPSA) is 80.6 Å². The van der Waals surface area contributed by atoms with Crippen molar-refractivity contribution >= 4 is 40.4 Å². The average molecular weight is 389 g/mol. The molecule has 0 spiro atoms. The van der Waals surface area contributed by atoms with Crippen molar-refractivity contribution in [1.82, 2.24) is 9.99 Å². The van der Waals surface area contributed by atoms with E-state index in [4.69, 9.17) is 4.74 Å². The van der Waals surface area contributed by atoms with Crippen molar-refractivity contribution in [3.05, 3.63) is 71.9 Å². The van der Waals surface area contributed by atoms with Crippen molar-refractivity contribution in [3.8, 4) is 0 Å². The number of benzene rings is 2. The first-order valence-corrected chi connectivity index (χ1v) is 9.24. The van der Waals surface area contributed by atoms with Crippen LogP contribution in [0.2, 0.25) is 0 Å². The predicted octanol–water partition coefficient (Wildman–Crippen LogP) is 2.67. The fourth-order valence-electron chi connectivity index (χ4n) is 3.34. The van der Waals surface area contributed by atoms with Crippen LogP contribution in [0.3, 0.4) is 0 Å². The fraction of sp³-hybridized carbons (Fsp3) is 0.136. The van der Waals surface area contributed by atoms with Gasteiger partial charge in [-0.1, -0.05) is 36.4 Å². The molecular weight excluding hydrogens is 370 g/mol. The van der Waals surface area contributed by atoms with E-state index in [1.54, 1.807) is 48.0 Å². The van der Waals surface area contributed by atoms with Crippen LogP contribution in [0.5, 0.6) is 0 Å². The third-order valence-corrected chi connectivity index (χ3v) is 4.63. The molecule has 1 N–H and O–H groups in total. The van der Waals surface area contributed by atoms with Crippen molar-refractivity contribution in [3.63, 3.8) is 0 Å². The zero-order chi connectivity index (χ0) is 20.4. The van der Waals surface area contributed by atoms with Gasteiger partial charge in [-0.2, -0.15) is 0 Å². The summed E-state index contributed by atoms with van der Waals surface area (Å²) in [6.07, 6.45) is 3.31. The lowest BCUT2D eigenvalue weighted by atomic mass is 10.1. The minimum atomic E-state index is -0.471. The standard InChI is InChI=1S/C22H19N3O4/c1-2-29-20(26)14-24-13-15(17-10-6-7-11-19(17)24)12-18-21(27)23-25(22(18)28)16-8-4-3-5-9-16/h3-13H,2,14H2,1H3,(H,23,27)/b18-12+. The highest BCUT2D eigenvalue weighted by Gasteiger charge is 2.34. The van der Waals surface area contributed by atoms with E-state index in [9.17, 15) is 14.4 Å². The number of hydrogen-bond acceptors (Lipinski definition) is 4. The number of nitrogens with one attached hydrogen (secondary N) is 1. The van der Waals surface area contributed by atoms with Crippen LogP contribution in [0.25, 0.3) is 17.0 Å². The van der Waals surface area contributed by atoms with Gasteiger partial charge in [0.1, 0.15) is 12.1 Å². The van der Waals surface area contributed by atoms with Gasteiger partial charge in [0.05, 0.1) is 12.3 Å². The van der Waals surface area contributed by atoms with E-state index in [0.717, 1.165) is 10.9 Å². The Labute approximate surface area is 167 Å². The normalized spacial score (nSPS) is 15.2. The maximum Gasteiger partial charge on any atom is 0.325 e. The number of fused-ring (bicyclic) bond motifs is 1. The summed E-state index contributed by atoms with van der Waals surface area (Å²) in [7, 11) is 0. The Balaban J connectivity index is 1.72. The van der Waals surface area contributed by atoms with Gasteiger partial charge in [-0.3, -0.25) is 19.8 Å². The van der Waals surface area contributed by atoms with Gasteiger partial charge in [-0.05, 0) is 31.2 Å². The molecular formula is C22H19N3O4. The summed E-state index contributed by atoms with van der Waals surface area (Å²) in [5.74, 6) is -1.25. The van der Waals surface area contributed by atoms with Crippen molar-refractivity contribution in [2.75, 3.05) is 11.6 Å². The van der Waals surface area contributed by atoms with Crippen molar-refractivity contribution in [2.45, 2.75) is 13.5 Å². The highest BCUT2D eigenvalue weighted by atomic mass is 16.5. The molecule has 29 heavy (non-hydrogen) atoms. The Bertz CT molecular complexity index is 1130. The number of carbonyl (C=O) groups is 3. The number of nitrogens with zero attached hydrogens (tertiary/aromatic N) is 2. The van der Waals surface area contributed by atoms with Gasteiger partial charge >= 0.3 is 5.97 Å². The van der Waals surface area contributed by atoms with Crippen LogP contribution in [0.15, 0.2) is 66.4 Å². The first-order valence-electron chi connectivity index (χ1n) is 9.24. The molecule has 1 fully saturated rings. The maximum atomic E-state index is 12.8. The van der Waals surface area contributed by atoms with Gasteiger partial charge in [-0.25, -0.2) is 5.01 Å². The van der Waals surface area contributed by atoms with Crippen molar-refractivity contribution in [1.29, 1.82) is 0 Å². The minimum Gasteiger partial charge on any atom is -0.465 e. The number of amides is 2. The number of hydrazine groups is 1. The second-order valence-corrected chi connectivity index (χ2v) is 6.51. The molecule has 0 unspecified atom stereocenters. The van der Waals surface area contributed by atoms with E-state index in [-0.39, 0.29) is 18.1 Å². The molecule has 3 aromatic rings. The van der Waals surface area contributed by atoms with Gasteiger partial charge in [0.25, 0.3) is 11.8 Å². The van der Waals surface area contributed by atoms with E-state index in [1.807, 2.05) is 30.3 Å². The number of hydrogen-bond donors (Lipinski definition) is 1. The highest BCUT2D eigenvalue weighted by Crippen LogP contribution is 2.26. The number of esters is 1. The summed E-state index contributed by atoms with van der Waals surface area (Å²) in [5, 5.41) is 2.06. The number of carbonyl (C=O) groups excluding carboxylic acids is 3. The summed E-state index contributed by atoms with van der Waals surface area (Å²) in [6, 6.07) is 16.4. The Hall–Kier alpha value is -3.87. The van der Waals surface area contributed by atoms with Gasteiger partial charge in [0.2, 0.25) is 0 Å². The summed E-state index contributed by atoms with van der Waals surface area (Å²) in [5.41, 5.74) is 4.70. The molecule has 1 aromatic heterocycles. The van der Waals surface area contributed by atoms with E-state index in [0.29, 0.717) is 17.9 Å². The Morgan fingerprint density at radius 3 is 2.55 bits per heavy atom. The number of anilines is 1. The molecule has 1 aliphatic rings. The summed E-state index contributed by atoms with van der Waals surface area (Å²) >= 11 is 0. The van der Waals surface area contributed by atoms with Gasteiger partial charge < -0.3 is 9.30 Å². The second-order valence-electron chi connectivity index (χ2n) is 6.51. The Morgan fingerprint density at radius 1 is 1.07 bits per heavy atom. The van der Waals surface area contributed by atoms with Crippen LogP contribution in [-0.2, 0) is 25.7 Å².